The van der Waals surface area contributed by atoms with Gasteiger partial charge in [0.05, 0.1) is 22.9 Å². The lowest BCUT2D eigenvalue weighted by Gasteiger charge is -2.17. The van der Waals surface area contributed by atoms with E-state index in [0.29, 0.717) is 22.6 Å². The molecule has 104 valence electrons. The van der Waals surface area contributed by atoms with Gasteiger partial charge in [-0.3, -0.25) is 0 Å². The van der Waals surface area contributed by atoms with E-state index in [1.54, 1.807) is 0 Å². The number of aromatic carboxylic acids is 1. The lowest BCUT2D eigenvalue weighted by Crippen LogP contribution is -2.17. The fraction of sp³-hybridized carbons (Fsp3) is 0.714. The fourth-order valence-electron chi connectivity index (χ4n) is 3.05. The van der Waals surface area contributed by atoms with Crippen LogP contribution in [0.4, 0.5) is 0 Å². The molecule has 2 aliphatic heterocycles. The number of hydrogen-bond donors (Lipinski definition) is 1. The topological polar surface area (TPSA) is 59.4 Å². The number of nitrogens with zero attached hydrogens (tertiary/aromatic N) is 1. The van der Waals surface area contributed by atoms with E-state index in [9.17, 15) is 9.90 Å². The normalized spacial score (nSPS) is 29.9. The third-order valence-electron chi connectivity index (χ3n) is 3.97. The molecule has 1 N–H and O–H groups in total. The lowest BCUT2D eigenvalue weighted by atomic mass is 9.89. The highest BCUT2D eigenvalue weighted by molar-refractivity contribution is 7.13. The van der Waals surface area contributed by atoms with E-state index in [2.05, 4.69) is 4.98 Å². The zero-order valence-corrected chi connectivity index (χ0v) is 12.3. The first-order valence-corrected chi connectivity index (χ1v) is 7.58. The van der Waals surface area contributed by atoms with Crippen LogP contribution >= 0.6 is 11.3 Å². The molecule has 5 heteroatoms. The summed E-state index contributed by atoms with van der Waals surface area (Å²) in [5.74, 6) is -0.560. The van der Waals surface area contributed by atoms with Crippen LogP contribution in [0.25, 0.3) is 0 Å². The Morgan fingerprint density at radius 3 is 2.58 bits per heavy atom. The second kappa shape index (κ2) is 4.28. The highest BCUT2D eigenvalue weighted by atomic mass is 32.1. The largest absolute Gasteiger partial charge is 0.477 e. The van der Waals surface area contributed by atoms with Gasteiger partial charge >= 0.3 is 5.97 Å². The van der Waals surface area contributed by atoms with E-state index in [-0.39, 0.29) is 11.5 Å². The van der Waals surface area contributed by atoms with Crippen molar-refractivity contribution in [1.82, 2.24) is 4.98 Å². The van der Waals surface area contributed by atoms with E-state index in [4.69, 9.17) is 4.74 Å². The number of rotatable bonds is 2. The number of ether oxygens (including phenoxy) is 1. The Kier molecular flexibility index (Phi) is 2.94. The van der Waals surface area contributed by atoms with Gasteiger partial charge in [-0.25, -0.2) is 9.78 Å². The Labute approximate surface area is 116 Å². The van der Waals surface area contributed by atoms with Gasteiger partial charge in [0.2, 0.25) is 0 Å². The second-order valence-corrected chi connectivity index (χ2v) is 7.53. The number of thiazole rings is 1. The molecule has 19 heavy (non-hydrogen) atoms. The minimum Gasteiger partial charge on any atom is -0.477 e. The molecule has 3 atom stereocenters. The van der Waals surface area contributed by atoms with Crippen LogP contribution in [-0.4, -0.2) is 28.3 Å². The van der Waals surface area contributed by atoms with Crippen LogP contribution in [0.3, 0.4) is 0 Å². The molecule has 0 spiro atoms. The highest BCUT2D eigenvalue weighted by Crippen LogP contribution is 2.46. The minimum absolute atomic E-state index is 0.235. The maximum absolute atomic E-state index is 11.4. The molecule has 3 heterocycles. The summed E-state index contributed by atoms with van der Waals surface area (Å²) in [7, 11) is 0. The molecule has 1 aromatic heterocycles. The molecule has 0 aromatic carbocycles. The molecule has 2 fully saturated rings. The van der Waals surface area contributed by atoms with Gasteiger partial charge in [-0.2, -0.15) is 0 Å². The van der Waals surface area contributed by atoms with Crippen molar-refractivity contribution in [1.29, 1.82) is 0 Å². The fourth-order valence-corrected chi connectivity index (χ4v) is 4.33. The van der Waals surface area contributed by atoms with Gasteiger partial charge in [0, 0.05) is 11.3 Å². The van der Waals surface area contributed by atoms with Gasteiger partial charge in [0.15, 0.2) is 0 Å². The standard InChI is InChI=1S/C14H19NO3S/c1-14(2,3)11-10(13(16)17)19-12(15-11)8-6-7-4-5-9(8)18-7/h7-9H,4-6H2,1-3H3,(H,16,17). The zero-order chi connectivity index (χ0) is 13.8. The summed E-state index contributed by atoms with van der Waals surface area (Å²) in [5.41, 5.74) is 0.476. The maximum atomic E-state index is 11.4. The van der Waals surface area contributed by atoms with Crippen molar-refractivity contribution < 1.29 is 14.6 Å². The van der Waals surface area contributed by atoms with E-state index in [1.165, 1.54) is 11.3 Å². The van der Waals surface area contributed by atoms with Crippen molar-refractivity contribution in [2.24, 2.45) is 0 Å². The predicted molar refractivity (Wildman–Crippen MR) is 73.0 cm³/mol. The average Bonchev–Trinajstić information content (AvgIpc) is 3.01. The van der Waals surface area contributed by atoms with Gasteiger partial charge < -0.3 is 9.84 Å². The molecule has 1 aromatic rings. The summed E-state index contributed by atoms with van der Waals surface area (Å²) < 4.78 is 5.85. The summed E-state index contributed by atoms with van der Waals surface area (Å²) in [6, 6.07) is 0. The molecule has 2 saturated heterocycles. The van der Waals surface area contributed by atoms with E-state index in [0.717, 1.165) is 24.3 Å². The monoisotopic (exact) mass is 281 g/mol. The zero-order valence-electron chi connectivity index (χ0n) is 11.5. The van der Waals surface area contributed by atoms with Crippen LogP contribution in [0, 0.1) is 0 Å². The van der Waals surface area contributed by atoms with E-state index >= 15 is 0 Å². The molecule has 0 amide bonds. The van der Waals surface area contributed by atoms with Gasteiger partial charge in [0.25, 0.3) is 0 Å². The van der Waals surface area contributed by atoms with Crippen molar-refractivity contribution in [3.05, 3.63) is 15.6 Å². The Balaban J connectivity index is 1.97. The molecule has 0 radical (unpaired) electrons. The van der Waals surface area contributed by atoms with Crippen LogP contribution in [-0.2, 0) is 10.2 Å². The van der Waals surface area contributed by atoms with Crippen LogP contribution in [0.2, 0.25) is 0 Å². The van der Waals surface area contributed by atoms with Crippen molar-refractivity contribution in [2.75, 3.05) is 0 Å². The van der Waals surface area contributed by atoms with Crippen LogP contribution in [0.5, 0.6) is 0 Å². The molecular formula is C14H19NO3S. The SMILES string of the molecule is CC(C)(C)c1nc(C2CC3CCC2O3)sc1C(=O)O. The minimum atomic E-state index is -0.863. The average molecular weight is 281 g/mol. The molecule has 3 rings (SSSR count). The number of carbonyl (C=O) groups is 1. The van der Waals surface area contributed by atoms with Gasteiger partial charge in [0.1, 0.15) is 4.88 Å². The molecule has 4 nitrogen and oxygen atoms in total. The van der Waals surface area contributed by atoms with Crippen LogP contribution in [0.15, 0.2) is 0 Å². The maximum Gasteiger partial charge on any atom is 0.347 e. The highest BCUT2D eigenvalue weighted by Gasteiger charge is 2.43. The Hall–Kier alpha value is -0.940. The van der Waals surface area contributed by atoms with Gasteiger partial charge in [-0.05, 0) is 19.3 Å². The van der Waals surface area contributed by atoms with Gasteiger partial charge in [-0.15, -0.1) is 11.3 Å². The second-order valence-electron chi connectivity index (χ2n) is 6.50. The first-order valence-electron chi connectivity index (χ1n) is 6.76. The Bertz CT molecular complexity index is 517. The third kappa shape index (κ3) is 2.19. The number of carboxylic acids is 1. The van der Waals surface area contributed by atoms with Crippen molar-refractivity contribution in [3.8, 4) is 0 Å². The molecule has 0 saturated carbocycles. The number of hydrogen-bond acceptors (Lipinski definition) is 4. The van der Waals surface area contributed by atoms with E-state index < -0.39 is 5.97 Å². The Morgan fingerprint density at radius 1 is 1.42 bits per heavy atom. The first kappa shape index (κ1) is 13.1. The van der Waals surface area contributed by atoms with Crippen molar-refractivity contribution in [3.63, 3.8) is 0 Å². The molecular weight excluding hydrogens is 262 g/mol. The molecule has 2 aliphatic rings. The lowest BCUT2D eigenvalue weighted by molar-refractivity contribution is 0.0699. The number of carboxylic acid groups (broad SMARTS) is 1. The van der Waals surface area contributed by atoms with E-state index in [1.807, 2.05) is 20.8 Å². The third-order valence-corrected chi connectivity index (χ3v) is 5.15. The molecule has 2 bridgehead atoms. The van der Waals surface area contributed by atoms with Crippen LogP contribution in [0.1, 0.15) is 66.3 Å². The Morgan fingerprint density at radius 2 is 2.16 bits per heavy atom. The number of fused-ring (bicyclic) bond motifs is 2. The number of aromatic nitrogens is 1. The van der Waals surface area contributed by atoms with Crippen LogP contribution < -0.4 is 0 Å². The molecule has 3 unspecified atom stereocenters. The summed E-state index contributed by atoms with van der Waals surface area (Å²) >= 11 is 1.34. The predicted octanol–water partition coefficient (Wildman–Crippen LogP) is 3.17. The summed E-state index contributed by atoms with van der Waals surface area (Å²) in [6.45, 7) is 6.03. The summed E-state index contributed by atoms with van der Waals surface area (Å²) in [4.78, 5) is 16.5. The summed E-state index contributed by atoms with van der Waals surface area (Å²) in [5, 5.41) is 10.3. The van der Waals surface area contributed by atoms with Crippen molar-refractivity contribution >= 4 is 17.3 Å². The smallest absolute Gasteiger partial charge is 0.347 e. The summed E-state index contributed by atoms with van der Waals surface area (Å²) in [6.07, 6.45) is 3.85. The molecule has 0 aliphatic carbocycles. The van der Waals surface area contributed by atoms with Crippen molar-refractivity contribution in [2.45, 2.75) is 63.6 Å². The first-order chi connectivity index (χ1) is 8.86. The van der Waals surface area contributed by atoms with Gasteiger partial charge in [-0.1, -0.05) is 20.8 Å². The quantitative estimate of drug-likeness (QED) is 0.904.